The molecule has 0 spiro atoms. The third kappa shape index (κ3) is 0.840. The number of fused-ring (bicyclic) bond motifs is 1. The Morgan fingerprint density at radius 3 is 2.12 bits per heavy atom. The van der Waals surface area contributed by atoms with E-state index in [0.717, 1.165) is 0 Å². The van der Waals surface area contributed by atoms with Crippen molar-refractivity contribution in [3.05, 3.63) is 0 Å². The lowest BCUT2D eigenvalue weighted by Crippen LogP contribution is -2.79. The number of nitrogens with one attached hydrogen (secondary N) is 4. The van der Waals surface area contributed by atoms with Gasteiger partial charge in [-0.15, -0.1) is 0 Å². The fraction of sp³-hybridized carbons (Fsp3) is 0.286. The second kappa shape index (κ2) is 2.61. The number of imide groups is 1. The highest BCUT2D eigenvalue weighted by atomic mass is 16.2. The van der Waals surface area contributed by atoms with E-state index in [-0.39, 0.29) is 0 Å². The molecule has 0 aromatic carbocycles. The highest BCUT2D eigenvalue weighted by molar-refractivity contribution is 6.10. The van der Waals surface area contributed by atoms with E-state index in [2.05, 4.69) is 0 Å². The molecule has 9 nitrogen and oxygen atoms in total. The van der Waals surface area contributed by atoms with Gasteiger partial charge in [0.1, 0.15) is 12.1 Å². The first kappa shape index (κ1) is 9.73. The van der Waals surface area contributed by atoms with Crippen LogP contribution in [0.1, 0.15) is 0 Å². The number of nitrogens with zero attached hydrogens (tertiary/aromatic N) is 2. The molecule has 80 valence electrons. The maximum absolute atomic E-state index is 11.5. The third-order valence-electron chi connectivity index (χ3n) is 2.37. The number of hydrogen-bond acceptors (Lipinski definition) is 5. The zero-order valence-electron chi connectivity index (χ0n) is 7.62. The van der Waals surface area contributed by atoms with E-state index >= 15 is 0 Å². The maximum atomic E-state index is 11.5. The van der Waals surface area contributed by atoms with Gasteiger partial charge in [0, 0.05) is 0 Å². The quantitative estimate of drug-likeness (QED) is 0.360. The van der Waals surface area contributed by atoms with Gasteiger partial charge in [0.2, 0.25) is 0 Å². The monoisotopic (exact) mass is 220 g/mol. The Hall–Kier alpha value is -2.81. The topological polar surface area (TPSA) is 147 Å². The highest BCUT2D eigenvalue weighted by Gasteiger charge is 2.68. The summed E-state index contributed by atoms with van der Waals surface area (Å²) in [5, 5.41) is 25.8. The van der Waals surface area contributed by atoms with Gasteiger partial charge in [0.15, 0.2) is 0 Å². The van der Waals surface area contributed by atoms with Crippen molar-refractivity contribution in [1.29, 1.82) is 10.5 Å². The van der Waals surface area contributed by atoms with Crippen molar-refractivity contribution < 1.29 is 14.4 Å². The van der Waals surface area contributed by atoms with E-state index in [1.165, 1.54) is 6.07 Å². The molecule has 0 radical (unpaired) electrons. The lowest BCUT2D eigenvalue weighted by Gasteiger charge is -2.36. The molecule has 5 amide bonds. The Kier molecular flexibility index (Phi) is 1.59. The number of carbonyl (C=O) groups excluding carboxylic acids is 3. The van der Waals surface area contributed by atoms with Gasteiger partial charge >= 0.3 is 12.1 Å². The van der Waals surface area contributed by atoms with Crippen LogP contribution in [0.25, 0.3) is 0 Å². The molecule has 0 bridgehead atoms. The molecule has 4 N–H and O–H groups in total. The van der Waals surface area contributed by atoms with Gasteiger partial charge in [-0.2, -0.15) is 10.5 Å². The number of amides is 5. The van der Waals surface area contributed by atoms with Crippen molar-refractivity contribution in [1.82, 2.24) is 21.3 Å². The normalized spacial score (nSPS) is 35.8. The SMILES string of the molecule is N#CC12NC(=O)NC(=O)C1(C#N)NC(=O)N2. The minimum absolute atomic E-state index is 0.888. The van der Waals surface area contributed by atoms with Crippen molar-refractivity contribution in [2.75, 3.05) is 0 Å². The summed E-state index contributed by atoms with van der Waals surface area (Å²) in [5.41, 5.74) is -4.25. The average Bonchev–Trinajstić information content (AvgIpc) is 2.52. The first-order valence-electron chi connectivity index (χ1n) is 4.06. The predicted molar refractivity (Wildman–Crippen MR) is 45.0 cm³/mol. The van der Waals surface area contributed by atoms with Crippen molar-refractivity contribution >= 4 is 18.0 Å². The van der Waals surface area contributed by atoms with Crippen molar-refractivity contribution in [3.63, 3.8) is 0 Å². The van der Waals surface area contributed by atoms with Gasteiger partial charge in [-0.3, -0.25) is 20.7 Å². The summed E-state index contributed by atoms with van der Waals surface area (Å²) >= 11 is 0. The molecule has 2 saturated heterocycles. The van der Waals surface area contributed by atoms with Crippen LogP contribution >= 0.6 is 0 Å². The summed E-state index contributed by atoms with van der Waals surface area (Å²) in [6, 6.07) is 1.24. The summed E-state index contributed by atoms with van der Waals surface area (Å²) in [5.74, 6) is -1.06. The standard InChI is InChI=1S/C7H4N6O3/c8-1-6-3(14)10-4(15)12-7(6,2-9)13-5(16)11-6/h(H2,11,13,16)(H2,10,12,14,15). The Morgan fingerprint density at radius 2 is 1.56 bits per heavy atom. The van der Waals surface area contributed by atoms with Crippen LogP contribution < -0.4 is 21.3 Å². The summed E-state index contributed by atoms with van der Waals surface area (Å²) in [6.45, 7) is 0. The zero-order chi connectivity index (χ0) is 12.0. The number of carbonyl (C=O) groups is 3. The fourth-order valence-electron chi connectivity index (χ4n) is 1.61. The fourth-order valence-corrected chi connectivity index (χ4v) is 1.61. The minimum atomic E-state index is -2.16. The Balaban J connectivity index is 2.64. The van der Waals surface area contributed by atoms with Crippen LogP contribution in [0.4, 0.5) is 9.59 Å². The average molecular weight is 220 g/mol. The number of rotatable bonds is 0. The molecule has 2 atom stereocenters. The summed E-state index contributed by atoms with van der Waals surface area (Å²) in [6.07, 6.45) is 0. The first-order chi connectivity index (χ1) is 7.49. The van der Waals surface area contributed by atoms with E-state index < -0.39 is 29.2 Å². The number of nitriles is 2. The van der Waals surface area contributed by atoms with Crippen LogP contribution in [0.15, 0.2) is 0 Å². The van der Waals surface area contributed by atoms with E-state index in [4.69, 9.17) is 10.5 Å². The Morgan fingerprint density at radius 1 is 0.938 bits per heavy atom. The molecule has 0 aromatic rings. The summed E-state index contributed by atoms with van der Waals surface area (Å²) < 4.78 is 0. The van der Waals surface area contributed by atoms with Gasteiger partial charge in [0.05, 0.1) is 0 Å². The first-order valence-corrected chi connectivity index (χ1v) is 4.06. The molecule has 16 heavy (non-hydrogen) atoms. The van der Waals surface area contributed by atoms with Crippen LogP contribution in [0, 0.1) is 22.7 Å². The van der Waals surface area contributed by atoms with E-state index in [9.17, 15) is 14.4 Å². The maximum Gasteiger partial charge on any atom is 0.324 e. The molecule has 2 rings (SSSR count). The van der Waals surface area contributed by atoms with Gasteiger partial charge in [-0.1, -0.05) is 0 Å². The smallest absolute Gasteiger partial charge is 0.307 e. The molecule has 2 unspecified atom stereocenters. The minimum Gasteiger partial charge on any atom is -0.307 e. The molecule has 0 aromatic heterocycles. The van der Waals surface area contributed by atoms with Crippen LogP contribution in [-0.2, 0) is 4.79 Å². The summed E-state index contributed by atoms with van der Waals surface area (Å²) in [4.78, 5) is 33.7. The van der Waals surface area contributed by atoms with Gasteiger partial charge in [-0.05, 0) is 0 Å². The zero-order valence-corrected chi connectivity index (χ0v) is 7.62. The Bertz CT molecular complexity index is 501. The van der Waals surface area contributed by atoms with Crippen molar-refractivity contribution in [2.24, 2.45) is 0 Å². The third-order valence-corrected chi connectivity index (χ3v) is 2.37. The van der Waals surface area contributed by atoms with Crippen LogP contribution in [0.5, 0.6) is 0 Å². The van der Waals surface area contributed by atoms with Crippen molar-refractivity contribution in [2.45, 2.75) is 11.2 Å². The molecular weight excluding hydrogens is 216 g/mol. The van der Waals surface area contributed by atoms with Crippen LogP contribution in [-0.4, -0.2) is 29.2 Å². The molecule has 2 aliphatic heterocycles. The number of urea groups is 2. The van der Waals surface area contributed by atoms with Gasteiger partial charge in [0.25, 0.3) is 17.1 Å². The van der Waals surface area contributed by atoms with E-state index in [1.807, 2.05) is 16.0 Å². The molecule has 2 fully saturated rings. The Labute approximate surface area is 88.4 Å². The lowest BCUT2D eigenvalue weighted by molar-refractivity contribution is -0.126. The molecular formula is C7H4N6O3. The predicted octanol–water partition coefficient (Wildman–Crippen LogP) is -2.38. The lowest BCUT2D eigenvalue weighted by atomic mass is 9.85. The summed E-state index contributed by atoms with van der Waals surface area (Å²) in [7, 11) is 0. The molecule has 0 saturated carbocycles. The highest BCUT2D eigenvalue weighted by Crippen LogP contribution is 2.26. The molecule has 9 heteroatoms. The number of hydrogen-bond donors (Lipinski definition) is 4. The molecule has 2 heterocycles. The second-order valence-corrected chi connectivity index (χ2v) is 3.21. The van der Waals surface area contributed by atoms with Crippen LogP contribution in [0.3, 0.4) is 0 Å². The van der Waals surface area contributed by atoms with Gasteiger partial charge in [-0.25, -0.2) is 9.59 Å². The second-order valence-electron chi connectivity index (χ2n) is 3.21. The van der Waals surface area contributed by atoms with Crippen LogP contribution in [0.2, 0.25) is 0 Å². The van der Waals surface area contributed by atoms with Crippen molar-refractivity contribution in [3.8, 4) is 12.1 Å². The molecule has 2 aliphatic rings. The largest absolute Gasteiger partial charge is 0.324 e. The van der Waals surface area contributed by atoms with E-state index in [1.54, 1.807) is 11.4 Å². The molecule has 0 aliphatic carbocycles. The van der Waals surface area contributed by atoms with Gasteiger partial charge < -0.3 is 5.32 Å². The van der Waals surface area contributed by atoms with E-state index in [0.29, 0.717) is 0 Å².